The van der Waals surface area contributed by atoms with Crippen molar-refractivity contribution in [2.75, 3.05) is 22.9 Å². The fourth-order valence-electron chi connectivity index (χ4n) is 3.15. The number of esters is 1. The number of methoxy groups -OCH3 is 1. The molecular formula is C23H25NO7S2. The van der Waals surface area contributed by atoms with Gasteiger partial charge in [-0.15, -0.1) is 0 Å². The Kier molecular flexibility index (Phi) is 9.35. The number of hydrogen-bond donors (Lipinski definition) is 1. The van der Waals surface area contributed by atoms with Gasteiger partial charge in [-0.05, 0) is 25.0 Å². The molecule has 0 saturated carbocycles. The number of Topliss-reactive ketones (excluding diaryl/α,β-unsaturated/α-hetero) is 1. The summed E-state index contributed by atoms with van der Waals surface area (Å²) in [4.78, 5) is 23.7. The summed E-state index contributed by atoms with van der Waals surface area (Å²) in [6.07, 6.45) is 11.4. The fourth-order valence-corrected chi connectivity index (χ4v) is 4.48. The summed E-state index contributed by atoms with van der Waals surface area (Å²) < 4.78 is 39.0. The second-order valence-corrected chi connectivity index (χ2v) is 9.06. The summed E-state index contributed by atoms with van der Waals surface area (Å²) in [5.74, 6) is 0.691. The fraction of sp³-hybridized carbons (Fsp3) is 0.304. The van der Waals surface area contributed by atoms with Gasteiger partial charge in [0.05, 0.1) is 25.0 Å². The summed E-state index contributed by atoms with van der Waals surface area (Å²) in [7, 11) is 1.32. The van der Waals surface area contributed by atoms with Crippen molar-refractivity contribution in [1.82, 2.24) is 0 Å². The second-order valence-electron chi connectivity index (χ2n) is 7.12. The van der Waals surface area contributed by atoms with Gasteiger partial charge in [-0.25, -0.2) is 8.51 Å². The van der Waals surface area contributed by atoms with E-state index in [1.165, 1.54) is 43.0 Å². The van der Waals surface area contributed by atoms with Crippen LogP contribution in [0.25, 0.3) is 0 Å². The Bertz CT molecular complexity index is 1030. The smallest absolute Gasteiger partial charge is 0.306 e. The van der Waals surface area contributed by atoms with Crippen molar-refractivity contribution in [2.45, 2.75) is 25.7 Å². The molecule has 10 heteroatoms. The topological polar surface area (TPSA) is 102 Å². The van der Waals surface area contributed by atoms with Crippen molar-refractivity contribution in [3.63, 3.8) is 0 Å². The molecule has 1 aromatic carbocycles. The molecular weight excluding hydrogens is 466 g/mol. The number of rotatable bonds is 11. The van der Waals surface area contributed by atoms with Crippen LogP contribution < -0.4 is 4.31 Å². The van der Waals surface area contributed by atoms with E-state index in [2.05, 4.69) is 10.8 Å². The lowest BCUT2D eigenvalue weighted by molar-refractivity contribution is -0.140. The van der Waals surface area contributed by atoms with Gasteiger partial charge in [0.15, 0.2) is 12.0 Å². The minimum absolute atomic E-state index is 0.0392. The van der Waals surface area contributed by atoms with Gasteiger partial charge in [0.2, 0.25) is 5.88 Å². The Morgan fingerprint density at radius 3 is 2.88 bits per heavy atom. The number of allylic oxidation sites excluding steroid dienone is 4. The quantitative estimate of drug-likeness (QED) is 0.209. The molecule has 1 aliphatic heterocycles. The normalized spacial score (nSPS) is 15.9. The van der Waals surface area contributed by atoms with Crippen LogP contribution in [0.5, 0.6) is 0 Å². The monoisotopic (exact) mass is 491 g/mol. The molecule has 0 aromatic heterocycles. The van der Waals surface area contributed by atoms with Crippen molar-refractivity contribution >= 4 is 40.5 Å². The van der Waals surface area contributed by atoms with Crippen molar-refractivity contribution < 1.29 is 32.6 Å². The maximum atomic E-state index is 12.6. The zero-order valence-corrected chi connectivity index (χ0v) is 19.7. The van der Waals surface area contributed by atoms with Crippen LogP contribution in [0.3, 0.4) is 0 Å². The predicted octanol–water partition coefficient (Wildman–Crippen LogP) is 4.46. The number of thioether (sulfide) groups is 1. The van der Waals surface area contributed by atoms with E-state index in [4.69, 9.17) is 9.47 Å². The maximum absolute atomic E-state index is 12.6. The van der Waals surface area contributed by atoms with E-state index in [0.717, 1.165) is 17.1 Å². The number of benzene rings is 1. The number of carbonyl (C=O) groups excluding carboxylic acids is 2. The second kappa shape index (κ2) is 12.4. The van der Waals surface area contributed by atoms with Gasteiger partial charge in [0, 0.05) is 17.7 Å². The lowest BCUT2D eigenvalue weighted by atomic mass is 10.0. The molecule has 1 atom stereocenters. The van der Waals surface area contributed by atoms with Crippen LogP contribution in [0, 0.1) is 0 Å². The SMILES string of the molecule is COC(=O)CCSCC(=O)c1cccc(N(C2=COC=C(CC3=CC=CCC3)O2)S(=O)O)c1. The molecule has 33 heavy (non-hydrogen) atoms. The van der Waals surface area contributed by atoms with Crippen LogP contribution in [0.2, 0.25) is 0 Å². The Morgan fingerprint density at radius 2 is 2.15 bits per heavy atom. The number of hydrogen-bond acceptors (Lipinski definition) is 7. The number of ether oxygens (including phenoxy) is 3. The first-order valence-corrected chi connectivity index (χ1v) is 12.5. The third-order valence-corrected chi connectivity index (χ3v) is 6.44. The van der Waals surface area contributed by atoms with Gasteiger partial charge in [0.25, 0.3) is 11.3 Å². The van der Waals surface area contributed by atoms with E-state index < -0.39 is 11.3 Å². The van der Waals surface area contributed by atoms with Crippen LogP contribution in [0.4, 0.5) is 5.69 Å². The maximum Gasteiger partial charge on any atom is 0.306 e. The van der Waals surface area contributed by atoms with E-state index in [-0.39, 0.29) is 29.8 Å². The Labute approximate surface area is 199 Å². The number of anilines is 1. The molecule has 1 unspecified atom stereocenters. The number of ketones is 1. The van der Waals surface area contributed by atoms with Crippen LogP contribution in [-0.2, 0) is 30.3 Å². The molecule has 0 bridgehead atoms. The molecule has 8 nitrogen and oxygen atoms in total. The standard InChI is InChI=1S/C23H25NO7S2/c1-29-23(26)10-11-32-16-21(25)18-8-5-9-19(13-18)24(33(27)28)22-15-30-14-20(31-22)12-17-6-3-2-4-7-17/h2-3,5-6,8-9,13-15H,4,7,10-12,16H2,1H3,(H,27,28). The Balaban J connectivity index is 1.67. The molecule has 176 valence electrons. The van der Waals surface area contributed by atoms with Crippen molar-refractivity contribution in [1.29, 1.82) is 0 Å². The molecule has 1 aliphatic carbocycles. The first-order valence-electron chi connectivity index (χ1n) is 10.2. The van der Waals surface area contributed by atoms with Crippen LogP contribution in [-0.4, -0.2) is 39.1 Å². The minimum atomic E-state index is -2.47. The molecule has 1 N–H and O–H groups in total. The molecule has 1 heterocycles. The zero-order chi connectivity index (χ0) is 23.6. The summed E-state index contributed by atoms with van der Waals surface area (Å²) in [5, 5.41) is 0. The third-order valence-electron chi connectivity index (χ3n) is 4.78. The average molecular weight is 492 g/mol. The first-order chi connectivity index (χ1) is 16.0. The van der Waals surface area contributed by atoms with Gasteiger partial charge < -0.3 is 14.2 Å². The van der Waals surface area contributed by atoms with E-state index >= 15 is 0 Å². The Morgan fingerprint density at radius 1 is 1.30 bits per heavy atom. The van der Waals surface area contributed by atoms with Crippen molar-refractivity contribution in [3.05, 3.63) is 77.8 Å². The van der Waals surface area contributed by atoms with Crippen LogP contribution >= 0.6 is 11.8 Å². The van der Waals surface area contributed by atoms with Gasteiger partial charge in [-0.3, -0.25) is 14.1 Å². The summed E-state index contributed by atoms with van der Waals surface area (Å²) in [6, 6.07) is 6.38. The highest BCUT2D eigenvalue weighted by Gasteiger charge is 2.25. The van der Waals surface area contributed by atoms with E-state index in [9.17, 15) is 18.4 Å². The lowest BCUT2D eigenvalue weighted by Gasteiger charge is -2.26. The molecule has 1 aromatic rings. The average Bonchev–Trinajstić information content (AvgIpc) is 2.82. The van der Waals surface area contributed by atoms with Gasteiger partial charge >= 0.3 is 5.97 Å². The largest absolute Gasteiger partial charge is 0.469 e. The van der Waals surface area contributed by atoms with Gasteiger partial charge in [-0.1, -0.05) is 35.9 Å². The highest BCUT2D eigenvalue weighted by Crippen LogP contribution is 2.30. The summed E-state index contributed by atoms with van der Waals surface area (Å²) >= 11 is -1.15. The van der Waals surface area contributed by atoms with Crippen LogP contribution in [0.15, 0.2) is 72.2 Å². The molecule has 0 amide bonds. The molecule has 0 saturated heterocycles. The van der Waals surface area contributed by atoms with Crippen molar-refractivity contribution in [2.24, 2.45) is 0 Å². The van der Waals surface area contributed by atoms with E-state index in [0.29, 0.717) is 29.2 Å². The molecule has 2 aliphatic rings. The zero-order valence-electron chi connectivity index (χ0n) is 18.1. The van der Waals surface area contributed by atoms with Crippen LogP contribution in [0.1, 0.15) is 36.0 Å². The molecule has 3 rings (SSSR count). The number of carbonyl (C=O) groups is 2. The summed E-state index contributed by atoms with van der Waals surface area (Å²) in [5.41, 5.74) is 1.85. The Hall–Kier alpha value is -2.82. The van der Waals surface area contributed by atoms with Gasteiger partial charge in [0.1, 0.15) is 12.0 Å². The lowest BCUT2D eigenvalue weighted by Crippen LogP contribution is -2.27. The molecule has 0 spiro atoms. The summed E-state index contributed by atoms with van der Waals surface area (Å²) in [6.45, 7) is 0. The third kappa shape index (κ3) is 7.34. The highest BCUT2D eigenvalue weighted by molar-refractivity contribution is 8.00. The molecule has 0 fully saturated rings. The van der Waals surface area contributed by atoms with E-state index in [1.807, 2.05) is 12.2 Å². The number of nitrogens with zero attached hydrogens (tertiary/aromatic N) is 1. The predicted molar refractivity (Wildman–Crippen MR) is 127 cm³/mol. The van der Waals surface area contributed by atoms with Crippen molar-refractivity contribution in [3.8, 4) is 0 Å². The first kappa shape index (κ1) is 24.8. The minimum Gasteiger partial charge on any atom is -0.469 e. The highest BCUT2D eigenvalue weighted by atomic mass is 32.2. The van der Waals surface area contributed by atoms with Gasteiger partial charge in [-0.2, -0.15) is 11.8 Å². The molecule has 0 radical (unpaired) electrons. The van der Waals surface area contributed by atoms with E-state index in [1.54, 1.807) is 18.2 Å².